The lowest BCUT2D eigenvalue weighted by Gasteiger charge is -2.43. The molecule has 3 saturated heterocycles. The fraction of sp³-hybridized carbons (Fsp3) is 0.655. The van der Waals surface area contributed by atoms with Crippen LogP contribution in [0.2, 0.25) is 0 Å². The highest BCUT2D eigenvalue weighted by Gasteiger charge is 2.43. The molecule has 37 heavy (non-hydrogen) atoms. The smallest absolute Gasteiger partial charge is 0.254 e. The molecule has 0 aliphatic carbocycles. The summed E-state index contributed by atoms with van der Waals surface area (Å²) in [5, 5.41) is 3.02. The number of benzene rings is 1. The van der Waals surface area contributed by atoms with E-state index in [1.807, 2.05) is 29.2 Å². The molecule has 1 unspecified atom stereocenters. The summed E-state index contributed by atoms with van der Waals surface area (Å²) in [6, 6.07) is 8.64. The maximum atomic E-state index is 13.3. The predicted octanol–water partition coefficient (Wildman–Crippen LogP) is 2.23. The van der Waals surface area contributed by atoms with Crippen molar-refractivity contribution in [2.24, 2.45) is 0 Å². The number of carbonyl (C=O) groups is 2. The number of nitrogens with one attached hydrogen (secondary N) is 1. The van der Waals surface area contributed by atoms with Crippen molar-refractivity contribution in [3.8, 4) is 5.75 Å². The first-order valence-corrected chi connectivity index (χ1v) is 14.2. The first kappa shape index (κ1) is 26.2. The number of morpholine rings is 1. The summed E-state index contributed by atoms with van der Waals surface area (Å²) in [6.45, 7) is 6.75. The van der Waals surface area contributed by atoms with Gasteiger partial charge in [0.2, 0.25) is 5.91 Å². The molecule has 3 fully saturated rings. The summed E-state index contributed by atoms with van der Waals surface area (Å²) in [4.78, 5) is 33.3. The molecular formula is C29H42N4O4. The zero-order chi connectivity index (χ0) is 25.5. The van der Waals surface area contributed by atoms with Crippen LogP contribution >= 0.6 is 0 Å². The van der Waals surface area contributed by atoms with Crippen LogP contribution in [0, 0.1) is 0 Å². The molecular weight excluding hydrogens is 468 g/mol. The van der Waals surface area contributed by atoms with E-state index in [2.05, 4.69) is 27.3 Å². The molecule has 8 heteroatoms. The summed E-state index contributed by atoms with van der Waals surface area (Å²) in [5.41, 5.74) is 0.134. The number of ether oxygens (including phenoxy) is 2. The second-order valence-corrected chi connectivity index (χ2v) is 10.9. The highest BCUT2D eigenvalue weighted by Crippen LogP contribution is 2.26. The molecule has 2 amide bonds. The summed E-state index contributed by atoms with van der Waals surface area (Å²) in [6.07, 6.45) is 11.4. The van der Waals surface area contributed by atoms with Crippen LogP contribution in [0.25, 0.3) is 0 Å². The van der Waals surface area contributed by atoms with Crippen LogP contribution in [-0.4, -0.2) is 104 Å². The fourth-order valence-electron chi connectivity index (χ4n) is 6.18. The zero-order valence-corrected chi connectivity index (χ0v) is 22.0. The van der Waals surface area contributed by atoms with Gasteiger partial charge in [-0.15, -0.1) is 0 Å². The van der Waals surface area contributed by atoms with Gasteiger partial charge in [0, 0.05) is 38.6 Å². The number of carbonyl (C=O) groups excluding carboxylic acids is 2. The van der Waals surface area contributed by atoms with Crippen LogP contribution in [0.4, 0.5) is 0 Å². The van der Waals surface area contributed by atoms with Crippen molar-refractivity contribution in [1.82, 2.24) is 20.0 Å². The summed E-state index contributed by atoms with van der Waals surface area (Å²) in [5.74, 6) is 0.896. The lowest BCUT2D eigenvalue weighted by molar-refractivity contribution is -0.162. The molecule has 5 rings (SSSR count). The monoisotopic (exact) mass is 510 g/mol. The van der Waals surface area contributed by atoms with E-state index in [4.69, 9.17) is 9.47 Å². The number of hydrogen-bond donors (Lipinski definition) is 1. The highest BCUT2D eigenvalue weighted by molar-refractivity contribution is 5.86. The normalized spacial score (nSPS) is 27.9. The topological polar surface area (TPSA) is 74.3 Å². The molecule has 0 radical (unpaired) electrons. The Morgan fingerprint density at radius 1 is 1.00 bits per heavy atom. The summed E-state index contributed by atoms with van der Waals surface area (Å²) >= 11 is 0. The van der Waals surface area contributed by atoms with E-state index in [0.29, 0.717) is 51.9 Å². The maximum absolute atomic E-state index is 13.3. The Bertz CT molecular complexity index is 955. The first-order valence-electron chi connectivity index (χ1n) is 14.2. The van der Waals surface area contributed by atoms with E-state index in [-0.39, 0.29) is 11.8 Å². The summed E-state index contributed by atoms with van der Waals surface area (Å²) < 4.78 is 12.1. The molecule has 1 atom stereocenters. The number of likely N-dealkylation sites (tertiary alicyclic amines) is 2. The first-order chi connectivity index (χ1) is 18.1. The predicted molar refractivity (Wildman–Crippen MR) is 143 cm³/mol. The van der Waals surface area contributed by atoms with E-state index >= 15 is 0 Å². The third-order valence-corrected chi connectivity index (χ3v) is 8.33. The van der Waals surface area contributed by atoms with Crippen molar-refractivity contribution in [2.75, 3.05) is 65.6 Å². The number of fused-ring (bicyclic) bond motifs is 1. The number of para-hydroxylation sites is 1. The molecule has 4 aliphatic heterocycles. The molecule has 0 bridgehead atoms. The Hall–Kier alpha value is -2.42. The molecule has 202 valence electrons. The van der Waals surface area contributed by atoms with E-state index in [0.717, 1.165) is 43.7 Å². The van der Waals surface area contributed by atoms with Crippen molar-refractivity contribution in [1.29, 1.82) is 0 Å². The number of rotatable bonds is 3. The van der Waals surface area contributed by atoms with Gasteiger partial charge >= 0.3 is 0 Å². The minimum atomic E-state index is -0.991. The second kappa shape index (κ2) is 12.4. The van der Waals surface area contributed by atoms with Gasteiger partial charge in [-0.05, 0) is 56.8 Å². The van der Waals surface area contributed by atoms with E-state index < -0.39 is 5.60 Å². The molecule has 1 aromatic carbocycles. The molecule has 1 aromatic rings. The number of nitrogens with zero attached hydrogens (tertiary/aromatic N) is 3. The third-order valence-electron chi connectivity index (χ3n) is 8.33. The van der Waals surface area contributed by atoms with Crippen LogP contribution in [-0.2, 0) is 20.7 Å². The molecule has 1 spiro atoms. The van der Waals surface area contributed by atoms with Gasteiger partial charge in [0.15, 0.2) is 5.60 Å². The van der Waals surface area contributed by atoms with Crippen LogP contribution in [0.1, 0.15) is 44.1 Å². The maximum Gasteiger partial charge on any atom is 0.254 e. The third kappa shape index (κ3) is 6.54. The van der Waals surface area contributed by atoms with Crippen molar-refractivity contribution in [3.63, 3.8) is 0 Å². The molecule has 0 aromatic heterocycles. The van der Waals surface area contributed by atoms with Gasteiger partial charge in [-0.25, -0.2) is 0 Å². The highest BCUT2D eigenvalue weighted by atomic mass is 16.5. The number of piperidine rings is 2. The number of allylic oxidation sites excluding steroid dienone is 1. The SMILES string of the molecule is O=C(CN1CCOC2(C/C=C/Cc3ccccc3OCCNC2=O)C1)N1CCC(N2CCCCC2)CC1. The zero-order valence-electron chi connectivity index (χ0n) is 22.0. The van der Waals surface area contributed by atoms with Crippen molar-refractivity contribution in [3.05, 3.63) is 42.0 Å². The molecule has 4 aliphatic rings. The fourth-order valence-corrected chi connectivity index (χ4v) is 6.18. The Labute approximate surface area is 220 Å². The lowest BCUT2D eigenvalue weighted by atomic mass is 9.94. The van der Waals surface area contributed by atoms with Crippen molar-refractivity contribution < 1.29 is 19.1 Å². The summed E-state index contributed by atoms with van der Waals surface area (Å²) in [7, 11) is 0. The van der Waals surface area contributed by atoms with Crippen molar-refractivity contribution >= 4 is 11.8 Å². The van der Waals surface area contributed by atoms with Crippen LogP contribution in [0.3, 0.4) is 0 Å². The van der Waals surface area contributed by atoms with E-state index in [9.17, 15) is 9.59 Å². The Morgan fingerprint density at radius 2 is 1.81 bits per heavy atom. The van der Waals surface area contributed by atoms with Gasteiger partial charge in [0.25, 0.3) is 5.91 Å². The average molecular weight is 511 g/mol. The van der Waals surface area contributed by atoms with Crippen LogP contribution < -0.4 is 10.1 Å². The van der Waals surface area contributed by atoms with Gasteiger partial charge < -0.3 is 24.6 Å². The average Bonchev–Trinajstić information content (AvgIpc) is 2.94. The quantitative estimate of drug-likeness (QED) is 0.629. The number of hydrogen-bond acceptors (Lipinski definition) is 6. The van der Waals surface area contributed by atoms with Gasteiger partial charge in [0.05, 0.1) is 19.7 Å². The number of amides is 2. The molecule has 0 saturated carbocycles. The van der Waals surface area contributed by atoms with Gasteiger partial charge in [-0.2, -0.15) is 0 Å². The molecule has 4 heterocycles. The van der Waals surface area contributed by atoms with Gasteiger partial charge in [0.1, 0.15) is 12.4 Å². The Morgan fingerprint density at radius 3 is 2.65 bits per heavy atom. The lowest BCUT2D eigenvalue weighted by Crippen LogP contribution is -2.61. The standard InChI is InChI=1S/C29H42N4O4/c34-27(33-17-11-25(12-18-33)32-15-6-1-7-16-32)22-31-19-21-37-29(23-31)13-5-4-9-24-8-2-3-10-26(24)36-20-14-30-28(29)35/h2-5,8,10,25H,1,6-7,9,11-23H2,(H,30,35)/b5-4+. The Balaban J connectivity index is 1.18. The van der Waals surface area contributed by atoms with Crippen molar-refractivity contribution in [2.45, 2.75) is 56.6 Å². The van der Waals surface area contributed by atoms with Gasteiger partial charge in [-0.3, -0.25) is 14.5 Å². The van der Waals surface area contributed by atoms with Crippen LogP contribution in [0.15, 0.2) is 36.4 Å². The van der Waals surface area contributed by atoms with E-state index in [1.165, 1.54) is 32.4 Å². The minimum absolute atomic E-state index is 0.130. The Kier molecular flexibility index (Phi) is 8.79. The van der Waals surface area contributed by atoms with Gasteiger partial charge in [-0.1, -0.05) is 36.8 Å². The second-order valence-electron chi connectivity index (χ2n) is 10.9. The molecule has 8 nitrogen and oxygen atoms in total. The molecule has 1 N–H and O–H groups in total. The van der Waals surface area contributed by atoms with E-state index in [1.54, 1.807) is 0 Å². The minimum Gasteiger partial charge on any atom is -0.491 e. The van der Waals surface area contributed by atoms with Crippen LogP contribution in [0.5, 0.6) is 5.75 Å². The largest absolute Gasteiger partial charge is 0.491 e.